The van der Waals surface area contributed by atoms with Crippen molar-refractivity contribution in [2.75, 3.05) is 0 Å². The third-order valence-corrected chi connectivity index (χ3v) is 0.792. The van der Waals surface area contributed by atoms with Crippen LogP contribution in [0.25, 0.3) is 0 Å². The van der Waals surface area contributed by atoms with Gasteiger partial charge in [-0.3, -0.25) is 0 Å². The van der Waals surface area contributed by atoms with Gasteiger partial charge in [0.25, 0.3) is 0 Å². The number of hydrogen-bond donors (Lipinski definition) is 0. The van der Waals surface area contributed by atoms with Crippen LogP contribution in [-0.4, -0.2) is 18.0 Å². The summed E-state index contributed by atoms with van der Waals surface area (Å²) < 4.78 is 87.0. The Morgan fingerprint density at radius 3 is 1.47 bits per heavy atom. The predicted octanol–water partition coefficient (Wildman–Crippen LogP) is 4.51. The molecule has 92 valence electrons. The van der Waals surface area contributed by atoms with Gasteiger partial charge < -0.3 is 0 Å². The molecule has 0 saturated heterocycles. The second-order valence-corrected chi connectivity index (χ2v) is 2.52. The topological polar surface area (TPSA) is 0 Å². The van der Waals surface area contributed by atoms with Crippen molar-refractivity contribution in [2.24, 2.45) is 0 Å². The number of halogens is 9. The first kappa shape index (κ1) is 16.9. The maximum absolute atomic E-state index is 11.2. The monoisotopic (exact) mass is 264 g/mol. The van der Waals surface area contributed by atoms with Crippen molar-refractivity contribution >= 4 is 11.6 Å². The fourth-order valence-corrected chi connectivity index (χ4v) is 0.421. The lowest BCUT2D eigenvalue weighted by Gasteiger charge is -2.03. The molecule has 0 nitrogen and oxygen atoms in total. The van der Waals surface area contributed by atoms with Gasteiger partial charge >= 0.3 is 12.4 Å². The molecule has 1 unspecified atom stereocenters. The quantitative estimate of drug-likeness (QED) is 0.483. The summed E-state index contributed by atoms with van der Waals surface area (Å²) in [7, 11) is 0. The Morgan fingerprint density at radius 2 is 1.47 bits per heavy atom. The van der Waals surface area contributed by atoms with E-state index in [9.17, 15) is 35.1 Å². The molecule has 9 heteroatoms. The van der Waals surface area contributed by atoms with Crippen LogP contribution in [0.5, 0.6) is 0 Å². The fourth-order valence-electron chi connectivity index (χ4n) is 0.246. The van der Waals surface area contributed by atoms with Crippen molar-refractivity contribution in [3.63, 3.8) is 0 Å². The standard InChI is InChI=1S/C3H3ClF4.C3H2F4/c4-2(5)1-3(6,7)8;4-2-1-3(5,6)7/h2H,1H2;1-2H. The normalized spacial score (nSPS) is 14.7. The highest BCUT2D eigenvalue weighted by atomic mass is 35.5. The Morgan fingerprint density at radius 1 is 1.07 bits per heavy atom. The van der Waals surface area contributed by atoms with E-state index in [0.717, 1.165) is 0 Å². The Balaban J connectivity index is 0. The van der Waals surface area contributed by atoms with Gasteiger partial charge in [0.1, 0.15) is 0 Å². The first-order valence-electron chi connectivity index (χ1n) is 3.17. The Kier molecular flexibility index (Phi) is 7.72. The van der Waals surface area contributed by atoms with Crippen LogP contribution in [0.2, 0.25) is 0 Å². The van der Waals surface area contributed by atoms with Gasteiger partial charge in [0, 0.05) is 6.08 Å². The van der Waals surface area contributed by atoms with Crippen LogP contribution >= 0.6 is 11.6 Å². The first-order valence-corrected chi connectivity index (χ1v) is 3.61. The van der Waals surface area contributed by atoms with Crippen molar-refractivity contribution in [3.8, 4) is 0 Å². The molecule has 1 atom stereocenters. The lowest BCUT2D eigenvalue weighted by atomic mass is 10.5. The minimum absolute atomic E-state index is 0.479. The molecule has 15 heavy (non-hydrogen) atoms. The summed E-state index contributed by atoms with van der Waals surface area (Å²) in [6, 6.07) is 0. The number of hydrogen-bond acceptors (Lipinski definition) is 0. The van der Waals surface area contributed by atoms with E-state index in [1.807, 2.05) is 0 Å². The minimum atomic E-state index is -4.51. The van der Waals surface area contributed by atoms with Crippen molar-refractivity contribution in [3.05, 3.63) is 12.4 Å². The van der Waals surface area contributed by atoms with Gasteiger partial charge in [-0.2, -0.15) is 26.3 Å². The van der Waals surface area contributed by atoms with Gasteiger partial charge in [-0.25, -0.2) is 8.78 Å². The average Bonchev–Trinajstić information content (AvgIpc) is 1.77. The molecule has 0 fully saturated rings. The maximum atomic E-state index is 11.2. The molecule has 0 spiro atoms. The van der Waals surface area contributed by atoms with E-state index in [4.69, 9.17) is 0 Å². The van der Waals surface area contributed by atoms with E-state index in [1.54, 1.807) is 0 Å². The molecule has 0 heterocycles. The molecule has 0 aromatic heterocycles. The third-order valence-electron chi connectivity index (χ3n) is 0.638. The van der Waals surface area contributed by atoms with Crippen molar-refractivity contribution in [1.29, 1.82) is 0 Å². The lowest BCUT2D eigenvalue weighted by molar-refractivity contribution is -0.140. The molecule has 0 aromatic carbocycles. The molecule has 0 aliphatic heterocycles. The van der Waals surface area contributed by atoms with Gasteiger partial charge in [-0.15, -0.1) is 0 Å². The van der Waals surface area contributed by atoms with Crippen molar-refractivity contribution in [2.45, 2.75) is 24.4 Å². The summed E-state index contributed by atoms with van der Waals surface area (Å²) in [4.78, 5) is 0. The van der Waals surface area contributed by atoms with Crippen LogP contribution in [0.15, 0.2) is 12.4 Å². The van der Waals surface area contributed by atoms with E-state index < -0.39 is 36.8 Å². The molecular formula is C6H5ClF8. The Labute approximate surface area is 84.5 Å². The summed E-state index contributed by atoms with van der Waals surface area (Å²) in [6.07, 6.45) is -11.6. The van der Waals surface area contributed by atoms with Crippen LogP contribution in [-0.2, 0) is 0 Å². The number of allylic oxidation sites excluding steroid dienone is 1. The Hall–Kier alpha value is -0.530. The summed E-state index contributed by atoms with van der Waals surface area (Å²) in [6.45, 7) is 0. The predicted molar refractivity (Wildman–Crippen MR) is 37.7 cm³/mol. The Bertz CT molecular complexity index is 179. The maximum Gasteiger partial charge on any atom is 0.411 e. The van der Waals surface area contributed by atoms with E-state index in [0.29, 0.717) is 0 Å². The molecule has 0 radical (unpaired) electrons. The summed E-state index contributed by atoms with van der Waals surface area (Å²) in [5, 5.41) is 0. The number of rotatable bonds is 1. The molecule has 0 rings (SSSR count). The zero-order valence-corrected chi connectivity index (χ0v) is 7.60. The van der Waals surface area contributed by atoms with E-state index in [1.165, 1.54) is 0 Å². The first-order chi connectivity index (χ1) is 6.48. The summed E-state index contributed by atoms with van der Waals surface area (Å²) in [5.41, 5.74) is -2.31. The highest BCUT2D eigenvalue weighted by molar-refractivity contribution is 6.19. The smallest absolute Gasteiger partial charge is 0.230 e. The van der Waals surface area contributed by atoms with E-state index >= 15 is 0 Å². The second-order valence-electron chi connectivity index (χ2n) is 2.04. The highest BCUT2D eigenvalue weighted by Crippen LogP contribution is 2.24. The molecule has 0 aromatic rings. The molecule has 0 bridgehead atoms. The van der Waals surface area contributed by atoms with Crippen LogP contribution in [0.4, 0.5) is 35.1 Å². The van der Waals surface area contributed by atoms with Crippen LogP contribution in [0, 0.1) is 0 Å². The second kappa shape index (κ2) is 6.86. The SMILES string of the molecule is FC(Cl)CC(F)(F)F.FC=CC(F)(F)F. The van der Waals surface area contributed by atoms with Gasteiger partial charge in [0.2, 0.25) is 0 Å². The van der Waals surface area contributed by atoms with Gasteiger partial charge in [0.05, 0.1) is 12.8 Å². The van der Waals surface area contributed by atoms with Crippen LogP contribution in [0.3, 0.4) is 0 Å². The average molecular weight is 265 g/mol. The van der Waals surface area contributed by atoms with Crippen molar-refractivity contribution < 1.29 is 35.1 Å². The molecular weight excluding hydrogens is 260 g/mol. The lowest BCUT2D eigenvalue weighted by Crippen LogP contribution is -2.11. The highest BCUT2D eigenvalue weighted by Gasteiger charge is 2.30. The largest absolute Gasteiger partial charge is 0.411 e. The molecule has 0 N–H and O–H groups in total. The van der Waals surface area contributed by atoms with E-state index in [-0.39, 0.29) is 0 Å². The number of alkyl halides is 8. The molecule has 0 aliphatic carbocycles. The van der Waals surface area contributed by atoms with Gasteiger partial charge in [0.15, 0.2) is 5.63 Å². The molecule has 0 aliphatic rings. The van der Waals surface area contributed by atoms with E-state index in [2.05, 4.69) is 11.6 Å². The zero-order valence-electron chi connectivity index (χ0n) is 6.84. The van der Waals surface area contributed by atoms with Gasteiger partial charge in [-0.05, 0) is 0 Å². The summed E-state index contributed by atoms with van der Waals surface area (Å²) in [5.74, 6) is 0. The fraction of sp³-hybridized carbons (Fsp3) is 0.667. The van der Waals surface area contributed by atoms with Crippen LogP contribution < -0.4 is 0 Å². The summed E-state index contributed by atoms with van der Waals surface area (Å²) >= 11 is 4.38. The molecule has 0 amide bonds. The van der Waals surface area contributed by atoms with Crippen LogP contribution in [0.1, 0.15) is 6.42 Å². The third kappa shape index (κ3) is 24.7. The minimum Gasteiger partial charge on any atom is -0.230 e. The molecule has 0 saturated carbocycles. The zero-order chi connectivity index (χ0) is 12.7. The van der Waals surface area contributed by atoms with Gasteiger partial charge in [-0.1, -0.05) is 11.6 Å². The van der Waals surface area contributed by atoms with Crippen molar-refractivity contribution in [1.82, 2.24) is 0 Å².